The third-order valence-corrected chi connectivity index (χ3v) is 4.93. The minimum Gasteiger partial charge on any atom is -0.444 e. The molecule has 0 unspecified atom stereocenters. The molecule has 0 fully saturated rings. The van der Waals surface area contributed by atoms with Crippen LogP contribution in [0.3, 0.4) is 0 Å². The number of nitrogens with one attached hydrogen (secondary N) is 1. The van der Waals surface area contributed by atoms with Gasteiger partial charge < -0.3 is 19.2 Å². The average molecular weight is 408 g/mol. The van der Waals surface area contributed by atoms with Crippen LogP contribution in [0, 0.1) is 0 Å². The Morgan fingerprint density at radius 2 is 1.68 bits per heavy atom. The maximum atomic E-state index is 13.5. The summed E-state index contributed by atoms with van der Waals surface area (Å²) < 4.78 is 57.4. The van der Waals surface area contributed by atoms with Crippen molar-refractivity contribution in [2.75, 3.05) is 0 Å². The number of H-pyrrole nitrogens is 1. The number of alkyl halides is 3. The van der Waals surface area contributed by atoms with Gasteiger partial charge in [0.15, 0.2) is 11.6 Å². The summed E-state index contributed by atoms with van der Waals surface area (Å²) in [6.07, 6.45) is -4.67. The zero-order valence-electron chi connectivity index (χ0n) is 13.9. The first-order valence-electron chi connectivity index (χ1n) is 7.96. The zero-order valence-corrected chi connectivity index (χ0v) is 14.8. The van der Waals surface area contributed by atoms with E-state index in [4.69, 9.17) is 4.42 Å². The SMILES string of the molecule is O=P(O)(O)c1cc(-c2ccccc2C(F)(F)F)c(-c2nc3ccccc3[nH]2)o1. The van der Waals surface area contributed by atoms with Crippen LogP contribution in [-0.4, -0.2) is 19.8 Å². The van der Waals surface area contributed by atoms with Crippen LogP contribution in [0.5, 0.6) is 0 Å². The highest BCUT2D eigenvalue weighted by atomic mass is 31.2. The lowest BCUT2D eigenvalue weighted by molar-refractivity contribution is -0.137. The Labute approximate surface area is 155 Å². The van der Waals surface area contributed by atoms with E-state index in [9.17, 15) is 27.5 Å². The van der Waals surface area contributed by atoms with Gasteiger partial charge >= 0.3 is 13.8 Å². The molecular formula is C18H12F3N2O4P. The number of aromatic amines is 1. The summed E-state index contributed by atoms with van der Waals surface area (Å²) in [7, 11) is -4.84. The third kappa shape index (κ3) is 3.24. The number of hydrogen-bond acceptors (Lipinski definition) is 3. The summed E-state index contributed by atoms with van der Waals surface area (Å²) >= 11 is 0. The van der Waals surface area contributed by atoms with Crippen molar-refractivity contribution in [3.05, 3.63) is 60.2 Å². The number of para-hydroxylation sites is 2. The van der Waals surface area contributed by atoms with E-state index in [2.05, 4.69) is 9.97 Å². The van der Waals surface area contributed by atoms with E-state index in [0.717, 1.165) is 12.1 Å². The highest BCUT2D eigenvalue weighted by Crippen LogP contribution is 2.44. The lowest BCUT2D eigenvalue weighted by Gasteiger charge is -2.12. The number of nitrogens with zero attached hydrogens (tertiary/aromatic N) is 1. The predicted octanol–water partition coefficient (Wildman–Crippen LogP) is 4.31. The average Bonchev–Trinajstić information content (AvgIpc) is 3.24. The maximum absolute atomic E-state index is 13.5. The van der Waals surface area contributed by atoms with Gasteiger partial charge in [-0.25, -0.2) is 4.98 Å². The van der Waals surface area contributed by atoms with Gasteiger partial charge in [0.25, 0.3) is 0 Å². The normalized spacial score (nSPS) is 12.6. The van der Waals surface area contributed by atoms with Crippen molar-refractivity contribution in [1.29, 1.82) is 0 Å². The van der Waals surface area contributed by atoms with Crippen molar-refractivity contribution < 1.29 is 31.9 Å². The Bertz CT molecular complexity index is 1190. The molecular weight excluding hydrogens is 396 g/mol. The Morgan fingerprint density at radius 3 is 2.36 bits per heavy atom. The van der Waals surface area contributed by atoms with Crippen LogP contribution in [0.15, 0.2) is 59.0 Å². The number of aromatic nitrogens is 2. The Hall–Kier alpha value is -2.87. The number of hydrogen-bond donors (Lipinski definition) is 3. The molecule has 4 aromatic rings. The molecule has 0 saturated carbocycles. The molecule has 4 rings (SSSR count). The first kappa shape index (κ1) is 18.5. The molecule has 0 spiro atoms. The van der Waals surface area contributed by atoms with Crippen molar-refractivity contribution in [1.82, 2.24) is 9.97 Å². The second kappa shape index (κ2) is 6.34. The highest BCUT2D eigenvalue weighted by molar-refractivity contribution is 7.59. The van der Waals surface area contributed by atoms with Crippen molar-refractivity contribution in [2.24, 2.45) is 0 Å². The molecule has 2 aromatic heterocycles. The molecule has 0 amide bonds. The standard InChI is InChI=1S/C18H12F3N2O4P/c19-18(20,21)12-6-2-1-5-10(12)11-9-15(28(24,25)26)27-16(11)17-22-13-7-3-4-8-14(13)23-17/h1-9H,(H,22,23)(H2,24,25,26). The van der Waals surface area contributed by atoms with Crippen LogP contribution < -0.4 is 5.50 Å². The molecule has 0 bridgehead atoms. The molecule has 28 heavy (non-hydrogen) atoms. The van der Waals surface area contributed by atoms with Gasteiger partial charge in [-0.2, -0.15) is 13.2 Å². The predicted molar refractivity (Wildman–Crippen MR) is 95.9 cm³/mol. The fourth-order valence-electron chi connectivity index (χ4n) is 2.92. The Morgan fingerprint density at radius 1 is 1.00 bits per heavy atom. The lowest BCUT2D eigenvalue weighted by atomic mass is 9.99. The largest absolute Gasteiger partial charge is 0.444 e. The van der Waals surface area contributed by atoms with Gasteiger partial charge in [0.05, 0.1) is 16.6 Å². The number of fused-ring (bicyclic) bond motifs is 1. The summed E-state index contributed by atoms with van der Waals surface area (Å²) in [6.45, 7) is 0. The van der Waals surface area contributed by atoms with Crippen molar-refractivity contribution in [3.63, 3.8) is 0 Å². The van der Waals surface area contributed by atoms with Crippen molar-refractivity contribution in [2.45, 2.75) is 6.18 Å². The van der Waals surface area contributed by atoms with E-state index in [1.807, 2.05) is 0 Å². The van der Waals surface area contributed by atoms with Crippen LogP contribution in [0.25, 0.3) is 33.7 Å². The Kier molecular flexibility index (Phi) is 4.19. The first-order valence-corrected chi connectivity index (χ1v) is 9.57. The van der Waals surface area contributed by atoms with E-state index in [-0.39, 0.29) is 22.7 Å². The summed E-state index contributed by atoms with van der Waals surface area (Å²) in [6, 6.07) is 12.5. The fraction of sp³-hybridized carbons (Fsp3) is 0.0556. The Balaban J connectivity index is 2.00. The summed E-state index contributed by atoms with van der Waals surface area (Å²) in [5.74, 6) is -0.126. The topological polar surface area (TPSA) is 99.4 Å². The van der Waals surface area contributed by atoms with Gasteiger partial charge in [-0.1, -0.05) is 30.3 Å². The van der Waals surface area contributed by atoms with Crippen LogP contribution in [0.4, 0.5) is 13.2 Å². The summed E-state index contributed by atoms with van der Waals surface area (Å²) in [5.41, 5.74) is -0.956. The second-order valence-electron chi connectivity index (χ2n) is 6.02. The second-order valence-corrected chi connectivity index (χ2v) is 7.55. The molecule has 3 N–H and O–H groups in total. The number of benzene rings is 2. The smallest absolute Gasteiger partial charge is 0.417 e. The monoisotopic (exact) mass is 408 g/mol. The molecule has 0 aliphatic carbocycles. The minimum absolute atomic E-state index is 0.0628. The van der Waals surface area contributed by atoms with Crippen LogP contribution >= 0.6 is 7.60 Å². The van der Waals surface area contributed by atoms with E-state index >= 15 is 0 Å². The molecule has 144 valence electrons. The van der Waals surface area contributed by atoms with Gasteiger partial charge in [-0.15, -0.1) is 0 Å². The van der Waals surface area contributed by atoms with Gasteiger partial charge in [0.2, 0.25) is 5.50 Å². The van der Waals surface area contributed by atoms with E-state index < -0.39 is 24.8 Å². The molecule has 10 heteroatoms. The molecule has 0 aliphatic rings. The number of rotatable bonds is 3. The lowest BCUT2D eigenvalue weighted by Crippen LogP contribution is -2.07. The van der Waals surface area contributed by atoms with Crippen LogP contribution in [0.1, 0.15) is 5.56 Å². The maximum Gasteiger partial charge on any atom is 0.417 e. The fourth-order valence-corrected chi connectivity index (χ4v) is 3.43. The quantitative estimate of drug-likeness (QED) is 0.439. The van der Waals surface area contributed by atoms with Gasteiger partial charge in [-0.3, -0.25) is 4.57 Å². The first-order chi connectivity index (χ1) is 13.1. The molecule has 2 heterocycles. The zero-order chi connectivity index (χ0) is 20.1. The molecule has 0 aliphatic heterocycles. The van der Waals surface area contributed by atoms with Gasteiger partial charge in [-0.05, 0) is 23.8 Å². The molecule has 0 radical (unpaired) electrons. The van der Waals surface area contributed by atoms with E-state index in [1.54, 1.807) is 24.3 Å². The summed E-state index contributed by atoms with van der Waals surface area (Å²) in [4.78, 5) is 26.1. The van der Waals surface area contributed by atoms with Crippen molar-refractivity contribution >= 4 is 24.1 Å². The van der Waals surface area contributed by atoms with E-state index in [0.29, 0.717) is 11.0 Å². The van der Waals surface area contributed by atoms with Crippen LogP contribution in [-0.2, 0) is 10.7 Å². The minimum atomic E-state index is -4.84. The van der Waals surface area contributed by atoms with Crippen molar-refractivity contribution in [3.8, 4) is 22.7 Å². The van der Waals surface area contributed by atoms with Gasteiger partial charge in [0, 0.05) is 11.6 Å². The molecule has 0 saturated heterocycles. The number of halogens is 3. The highest BCUT2D eigenvalue weighted by Gasteiger charge is 2.36. The summed E-state index contributed by atoms with van der Waals surface area (Å²) in [5, 5.41) is 0. The molecule has 6 nitrogen and oxygen atoms in total. The molecule has 2 aromatic carbocycles. The van der Waals surface area contributed by atoms with E-state index in [1.165, 1.54) is 18.2 Å². The third-order valence-electron chi connectivity index (χ3n) is 4.13. The number of furan rings is 1. The molecule has 0 atom stereocenters. The van der Waals surface area contributed by atoms with Gasteiger partial charge in [0.1, 0.15) is 0 Å². The number of imidazole rings is 1. The van der Waals surface area contributed by atoms with Crippen LogP contribution in [0.2, 0.25) is 0 Å².